The van der Waals surface area contributed by atoms with Gasteiger partial charge in [0, 0.05) is 25.2 Å². The fourth-order valence-corrected chi connectivity index (χ4v) is 5.06. The molecule has 0 bridgehead atoms. The second kappa shape index (κ2) is 9.66. The Bertz CT molecular complexity index is 1200. The lowest BCUT2D eigenvalue weighted by Gasteiger charge is -2.27. The second-order valence-electron chi connectivity index (χ2n) is 8.08. The van der Waals surface area contributed by atoms with Gasteiger partial charge < -0.3 is 4.74 Å². The number of benzene rings is 2. The Morgan fingerprint density at radius 3 is 2.47 bits per heavy atom. The SMILES string of the molecule is N#Cc1cccc(C(ONC2=CCN(S(=O)(=O)c3ccc(OC(F)(F)F)cc3)CC2)C2CC2)c1. The van der Waals surface area contributed by atoms with E-state index in [0.29, 0.717) is 17.9 Å². The summed E-state index contributed by atoms with van der Waals surface area (Å²) in [5.74, 6) is -0.133. The number of rotatable bonds is 8. The third-order valence-electron chi connectivity index (χ3n) is 5.58. The molecule has 180 valence electrons. The molecule has 0 radical (unpaired) electrons. The van der Waals surface area contributed by atoms with E-state index >= 15 is 0 Å². The van der Waals surface area contributed by atoms with Gasteiger partial charge in [-0.2, -0.15) is 9.57 Å². The van der Waals surface area contributed by atoms with Gasteiger partial charge in [-0.1, -0.05) is 12.1 Å². The van der Waals surface area contributed by atoms with Crippen LogP contribution in [-0.4, -0.2) is 32.2 Å². The van der Waals surface area contributed by atoms with Gasteiger partial charge in [0.25, 0.3) is 0 Å². The molecule has 1 aliphatic heterocycles. The van der Waals surface area contributed by atoms with Gasteiger partial charge in [0.15, 0.2) is 0 Å². The lowest BCUT2D eigenvalue weighted by molar-refractivity contribution is -0.274. The number of alkyl halides is 3. The Labute approximate surface area is 195 Å². The van der Waals surface area contributed by atoms with Crippen molar-refractivity contribution >= 4 is 10.0 Å². The topological polar surface area (TPSA) is 91.7 Å². The van der Waals surface area contributed by atoms with E-state index in [9.17, 15) is 21.6 Å². The third kappa shape index (κ3) is 5.88. The normalized spacial score (nSPS) is 18.0. The summed E-state index contributed by atoms with van der Waals surface area (Å²) in [5.41, 5.74) is 5.16. The molecule has 0 aromatic heterocycles. The molecule has 11 heteroatoms. The van der Waals surface area contributed by atoms with Crippen LogP contribution in [0.25, 0.3) is 0 Å². The number of nitrogens with one attached hydrogen (secondary N) is 1. The minimum atomic E-state index is -4.85. The molecule has 1 heterocycles. The molecule has 7 nitrogen and oxygen atoms in total. The number of sulfonamides is 1. The quantitative estimate of drug-likeness (QED) is 0.548. The fourth-order valence-electron chi connectivity index (χ4n) is 3.68. The summed E-state index contributed by atoms with van der Waals surface area (Å²) in [6.45, 7) is 0.274. The zero-order chi connectivity index (χ0) is 24.3. The number of hydrogen-bond acceptors (Lipinski definition) is 6. The van der Waals surface area contributed by atoms with Crippen molar-refractivity contribution in [2.45, 2.75) is 36.6 Å². The highest BCUT2D eigenvalue weighted by atomic mass is 32.2. The zero-order valence-electron chi connectivity index (χ0n) is 18.0. The Kier molecular flexibility index (Phi) is 6.84. The fraction of sp³-hybridized carbons (Fsp3) is 0.348. The van der Waals surface area contributed by atoms with E-state index in [1.165, 1.54) is 4.31 Å². The maximum atomic E-state index is 12.9. The van der Waals surface area contributed by atoms with Crippen molar-refractivity contribution in [3.05, 3.63) is 71.4 Å². The van der Waals surface area contributed by atoms with Crippen molar-refractivity contribution in [2.24, 2.45) is 5.92 Å². The van der Waals surface area contributed by atoms with Crippen molar-refractivity contribution in [1.82, 2.24) is 9.79 Å². The number of nitrogens with zero attached hydrogens (tertiary/aromatic N) is 2. The standard InChI is InChI=1S/C23H22F3N3O4S/c24-23(25,26)32-20-6-8-21(9-7-20)34(30,31)29-12-10-19(11-13-29)28-33-22(17-4-5-17)18-3-1-2-16(14-18)15-27/h1-3,6-10,14,17,22,28H,4-5,11-13H2. The van der Waals surface area contributed by atoms with Gasteiger partial charge in [0.1, 0.15) is 11.9 Å². The van der Waals surface area contributed by atoms with E-state index in [4.69, 9.17) is 10.1 Å². The molecule has 0 spiro atoms. The van der Waals surface area contributed by atoms with Gasteiger partial charge in [0.2, 0.25) is 10.0 Å². The molecule has 1 unspecified atom stereocenters. The predicted octanol–water partition coefficient (Wildman–Crippen LogP) is 4.41. The summed E-state index contributed by atoms with van der Waals surface area (Å²) in [6, 6.07) is 13.5. The van der Waals surface area contributed by atoms with Crippen LogP contribution in [0.2, 0.25) is 0 Å². The molecule has 1 N–H and O–H groups in total. The zero-order valence-corrected chi connectivity index (χ0v) is 18.8. The highest BCUT2D eigenvalue weighted by Gasteiger charge is 2.35. The molecule has 4 rings (SSSR count). The predicted molar refractivity (Wildman–Crippen MR) is 115 cm³/mol. The van der Waals surface area contributed by atoms with Crippen molar-refractivity contribution in [3.63, 3.8) is 0 Å². The van der Waals surface area contributed by atoms with E-state index < -0.39 is 22.1 Å². The summed E-state index contributed by atoms with van der Waals surface area (Å²) < 4.78 is 67.7. The highest BCUT2D eigenvalue weighted by Crippen LogP contribution is 2.43. The maximum Gasteiger partial charge on any atom is 0.573 e. The van der Waals surface area contributed by atoms with E-state index in [2.05, 4.69) is 16.3 Å². The van der Waals surface area contributed by atoms with Crippen LogP contribution in [-0.2, 0) is 14.9 Å². The van der Waals surface area contributed by atoms with Crippen LogP contribution in [0.3, 0.4) is 0 Å². The number of nitriles is 1. The van der Waals surface area contributed by atoms with Crippen LogP contribution in [0.15, 0.2) is 65.2 Å². The lowest BCUT2D eigenvalue weighted by Crippen LogP contribution is -2.37. The van der Waals surface area contributed by atoms with Gasteiger partial charge in [-0.05, 0) is 66.8 Å². The molecule has 0 saturated heterocycles. The van der Waals surface area contributed by atoms with Crippen molar-refractivity contribution in [1.29, 1.82) is 5.26 Å². The monoisotopic (exact) mass is 493 g/mol. The van der Waals surface area contributed by atoms with Crippen LogP contribution in [0, 0.1) is 17.2 Å². The lowest BCUT2D eigenvalue weighted by atomic mass is 10.0. The van der Waals surface area contributed by atoms with Crippen LogP contribution in [0.1, 0.15) is 36.5 Å². The van der Waals surface area contributed by atoms with Crippen LogP contribution >= 0.6 is 0 Å². The summed E-state index contributed by atoms with van der Waals surface area (Å²) in [4.78, 5) is 5.83. The first kappa shape index (κ1) is 24.1. The molecular weight excluding hydrogens is 471 g/mol. The third-order valence-corrected chi connectivity index (χ3v) is 7.46. The molecule has 1 fully saturated rings. The van der Waals surface area contributed by atoms with Gasteiger partial charge in [0.05, 0.1) is 16.5 Å². The van der Waals surface area contributed by atoms with Crippen LogP contribution in [0.4, 0.5) is 13.2 Å². The first-order valence-electron chi connectivity index (χ1n) is 10.6. The summed E-state index contributed by atoms with van der Waals surface area (Å²) in [6.07, 6.45) is -0.918. The van der Waals surface area contributed by atoms with E-state index in [0.717, 1.165) is 48.4 Å². The van der Waals surface area contributed by atoms with Gasteiger partial charge in [-0.15, -0.1) is 13.2 Å². The highest BCUT2D eigenvalue weighted by molar-refractivity contribution is 7.89. The van der Waals surface area contributed by atoms with Crippen molar-refractivity contribution < 1.29 is 31.2 Å². The Balaban J connectivity index is 1.37. The number of hydrogen-bond donors (Lipinski definition) is 1. The first-order chi connectivity index (χ1) is 16.2. The molecule has 1 atom stereocenters. The Morgan fingerprint density at radius 1 is 1.15 bits per heavy atom. The first-order valence-corrected chi connectivity index (χ1v) is 12.1. The largest absolute Gasteiger partial charge is 0.573 e. The van der Waals surface area contributed by atoms with Crippen LogP contribution < -0.4 is 10.2 Å². The maximum absolute atomic E-state index is 12.9. The molecule has 1 saturated carbocycles. The number of halogens is 3. The molecule has 0 amide bonds. The molecule has 2 aromatic carbocycles. The van der Waals surface area contributed by atoms with Gasteiger partial charge in [-0.25, -0.2) is 8.42 Å². The van der Waals surface area contributed by atoms with Crippen molar-refractivity contribution in [2.75, 3.05) is 13.1 Å². The molecule has 2 aliphatic rings. The smallest absolute Gasteiger partial charge is 0.406 e. The molecular formula is C23H22F3N3O4S. The summed E-state index contributed by atoms with van der Waals surface area (Å²) in [7, 11) is -3.88. The average Bonchev–Trinajstić information content (AvgIpc) is 3.64. The van der Waals surface area contributed by atoms with Crippen molar-refractivity contribution in [3.8, 4) is 11.8 Å². The van der Waals surface area contributed by atoms with E-state index in [-0.39, 0.29) is 24.1 Å². The molecule has 34 heavy (non-hydrogen) atoms. The molecule has 2 aromatic rings. The summed E-state index contributed by atoms with van der Waals surface area (Å²) >= 11 is 0. The second-order valence-corrected chi connectivity index (χ2v) is 10.0. The minimum absolute atomic E-state index is 0.0901. The van der Waals surface area contributed by atoms with Gasteiger partial charge in [-0.3, -0.25) is 10.3 Å². The van der Waals surface area contributed by atoms with Gasteiger partial charge >= 0.3 is 6.36 Å². The minimum Gasteiger partial charge on any atom is -0.406 e. The number of hydroxylamine groups is 1. The average molecular weight is 494 g/mol. The summed E-state index contributed by atoms with van der Waals surface area (Å²) in [5, 5.41) is 9.14. The van der Waals surface area contributed by atoms with E-state index in [1.807, 2.05) is 12.1 Å². The van der Waals surface area contributed by atoms with Crippen LogP contribution in [0.5, 0.6) is 5.75 Å². The molecule has 1 aliphatic carbocycles. The number of ether oxygens (including phenoxy) is 1. The Hall–Kier alpha value is -3.07. The Morgan fingerprint density at radius 2 is 1.88 bits per heavy atom. The van der Waals surface area contributed by atoms with E-state index in [1.54, 1.807) is 18.2 Å².